The van der Waals surface area contributed by atoms with Gasteiger partial charge in [-0.3, -0.25) is 0 Å². The third kappa shape index (κ3) is 66.1. The zero-order chi connectivity index (χ0) is 12.4. The van der Waals surface area contributed by atoms with E-state index in [1.165, 1.54) is 0 Å². The quantitative estimate of drug-likeness (QED) is 0.606. The second kappa shape index (κ2) is 36.3. The molecule has 0 aromatic carbocycles. The number of hydrogen-bond acceptors (Lipinski definition) is 3. The maximum atomic E-state index is 9.53. The minimum absolute atomic E-state index is 0. The maximum absolute atomic E-state index is 9.53. The Kier molecular flexibility index (Phi) is 56.7. The molecule has 0 heterocycles. The van der Waals surface area contributed by atoms with Gasteiger partial charge < -0.3 is 15.3 Å². The Morgan fingerprint density at radius 1 is 0.562 bits per heavy atom. The van der Waals surface area contributed by atoms with Crippen molar-refractivity contribution in [2.45, 2.75) is 59.3 Å². The molecule has 0 spiro atoms. The van der Waals surface area contributed by atoms with Crippen LogP contribution in [0.3, 0.4) is 0 Å². The van der Waals surface area contributed by atoms with Gasteiger partial charge in [0.25, 0.3) is 0 Å². The summed E-state index contributed by atoms with van der Waals surface area (Å²) in [5, 5.41) is 28.6. The molecule has 0 rings (SSSR count). The van der Waals surface area contributed by atoms with Crippen LogP contribution in [0, 0.1) is 0 Å². The normalized spacial score (nSPS) is 7.88. The standard InChI is InChI=1S/3C4H9O.B/c3*1-2-3-4-5;/h3*2-4H2,1H3;/q3*-1;+3. The van der Waals surface area contributed by atoms with Crippen LogP contribution in [-0.4, -0.2) is 28.2 Å². The van der Waals surface area contributed by atoms with Crippen molar-refractivity contribution < 1.29 is 15.3 Å². The Hall–Kier alpha value is -0.0551. The Balaban J connectivity index is -0.0000000655. The van der Waals surface area contributed by atoms with Gasteiger partial charge in [-0.15, -0.1) is 19.8 Å². The fourth-order valence-electron chi connectivity index (χ4n) is 0.433. The average Bonchev–Trinajstić information content (AvgIpc) is 2.23. The molecule has 0 N–H and O–H groups in total. The SMILES string of the molecule is CCCC[O-].CCCC[O-].CCCC[O-].[B+3]. The molecule has 4 heteroatoms. The van der Waals surface area contributed by atoms with Crippen LogP contribution in [0.15, 0.2) is 0 Å². The van der Waals surface area contributed by atoms with Crippen LogP contribution in [-0.2, 0) is 0 Å². The monoisotopic (exact) mass is 230 g/mol. The fourth-order valence-corrected chi connectivity index (χ4v) is 0.433. The summed E-state index contributed by atoms with van der Waals surface area (Å²) in [6.07, 6.45) is 5.59. The van der Waals surface area contributed by atoms with Gasteiger partial charge in [0.2, 0.25) is 0 Å². The van der Waals surface area contributed by atoms with E-state index < -0.39 is 0 Å². The number of rotatable bonds is 6. The first-order valence-electron chi connectivity index (χ1n) is 5.99. The van der Waals surface area contributed by atoms with E-state index in [4.69, 9.17) is 0 Å². The summed E-state index contributed by atoms with van der Waals surface area (Å²) in [4.78, 5) is 0. The molecule has 16 heavy (non-hydrogen) atoms. The van der Waals surface area contributed by atoms with Gasteiger partial charge in [0.1, 0.15) is 0 Å². The first kappa shape index (κ1) is 25.0. The van der Waals surface area contributed by atoms with Gasteiger partial charge in [-0.2, -0.15) is 0 Å². The van der Waals surface area contributed by atoms with Crippen molar-refractivity contribution in [3.8, 4) is 0 Å². The number of unbranched alkanes of at least 4 members (excludes halogenated alkanes) is 3. The number of hydrogen-bond donors (Lipinski definition) is 0. The molecule has 0 amide bonds. The van der Waals surface area contributed by atoms with Crippen molar-refractivity contribution >= 4 is 8.41 Å². The molecule has 0 bridgehead atoms. The summed E-state index contributed by atoms with van der Waals surface area (Å²) in [5.74, 6) is 0. The molecule has 0 radical (unpaired) electrons. The summed E-state index contributed by atoms with van der Waals surface area (Å²) in [5.41, 5.74) is 0. The minimum Gasteiger partial charge on any atom is -0.854 e. The second-order valence-electron chi connectivity index (χ2n) is 3.17. The molecule has 3 nitrogen and oxygen atoms in total. The van der Waals surface area contributed by atoms with Crippen molar-refractivity contribution in [3.05, 3.63) is 0 Å². The summed E-state index contributed by atoms with van der Waals surface area (Å²) in [7, 11) is 0. The molecule has 0 aliphatic heterocycles. The van der Waals surface area contributed by atoms with Gasteiger partial charge in [-0.25, -0.2) is 0 Å². The van der Waals surface area contributed by atoms with Gasteiger partial charge in [0.05, 0.1) is 0 Å². The molecule has 0 saturated heterocycles. The predicted molar refractivity (Wildman–Crippen MR) is 65.1 cm³/mol. The first-order chi connectivity index (χ1) is 7.24. The average molecular weight is 230 g/mol. The molecule has 0 unspecified atom stereocenters. The van der Waals surface area contributed by atoms with Crippen LogP contribution in [0.25, 0.3) is 0 Å². The van der Waals surface area contributed by atoms with Gasteiger partial charge in [0.15, 0.2) is 0 Å². The summed E-state index contributed by atoms with van der Waals surface area (Å²) in [6.45, 7) is 6.32. The summed E-state index contributed by atoms with van der Waals surface area (Å²) < 4.78 is 0. The molecular weight excluding hydrogens is 203 g/mol. The van der Waals surface area contributed by atoms with Gasteiger partial charge in [-0.05, 0) is 0 Å². The van der Waals surface area contributed by atoms with E-state index in [1.54, 1.807) is 0 Å². The van der Waals surface area contributed by atoms with Crippen molar-refractivity contribution in [1.29, 1.82) is 0 Å². The van der Waals surface area contributed by atoms with Crippen molar-refractivity contribution in [2.75, 3.05) is 19.8 Å². The van der Waals surface area contributed by atoms with Crippen molar-refractivity contribution in [1.82, 2.24) is 0 Å². The first-order valence-corrected chi connectivity index (χ1v) is 5.99. The van der Waals surface area contributed by atoms with Crippen LogP contribution in [0.5, 0.6) is 0 Å². The van der Waals surface area contributed by atoms with Gasteiger partial charge in [-0.1, -0.05) is 59.3 Å². The van der Waals surface area contributed by atoms with E-state index in [2.05, 4.69) is 0 Å². The van der Waals surface area contributed by atoms with Gasteiger partial charge in [0, 0.05) is 0 Å². The molecule has 0 aromatic heterocycles. The van der Waals surface area contributed by atoms with Crippen LogP contribution in [0.1, 0.15) is 59.3 Å². The van der Waals surface area contributed by atoms with E-state index in [9.17, 15) is 15.3 Å². The predicted octanol–water partition coefficient (Wildman–Crippen LogP) is 0.0596. The van der Waals surface area contributed by atoms with E-state index in [0.717, 1.165) is 38.5 Å². The molecule has 96 valence electrons. The van der Waals surface area contributed by atoms with Crippen LogP contribution < -0.4 is 15.3 Å². The van der Waals surface area contributed by atoms with E-state index in [0.29, 0.717) is 0 Å². The maximum Gasteiger partial charge on any atom is 3.00 e. The van der Waals surface area contributed by atoms with Crippen LogP contribution in [0.4, 0.5) is 0 Å². The second-order valence-corrected chi connectivity index (χ2v) is 3.17. The smallest absolute Gasteiger partial charge is 0.854 e. The minimum atomic E-state index is 0. The largest absolute Gasteiger partial charge is 3.00 e. The Labute approximate surface area is 103 Å². The molecule has 0 aliphatic rings. The molecule has 0 aliphatic carbocycles. The van der Waals surface area contributed by atoms with Crippen molar-refractivity contribution in [3.63, 3.8) is 0 Å². The fraction of sp³-hybridized carbons (Fsp3) is 1.00. The van der Waals surface area contributed by atoms with Crippen molar-refractivity contribution in [2.24, 2.45) is 0 Å². The van der Waals surface area contributed by atoms with E-state index >= 15 is 0 Å². The van der Waals surface area contributed by atoms with E-state index in [1.807, 2.05) is 20.8 Å². The van der Waals surface area contributed by atoms with Gasteiger partial charge >= 0.3 is 8.41 Å². The van der Waals surface area contributed by atoms with Crippen LogP contribution in [0.2, 0.25) is 0 Å². The zero-order valence-corrected chi connectivity index (χ0v) is 11.2. The zero-order valence-electron chi connectivity index (χ0n) is 11.2. The molecule has 0 aromatic rings. The molecule has 0 fully saturated rings. The Morgan fingerprint density at radius 3 is 0.750 bits per heavy atom. The molecule has 0 atom stereocenters. The van der Waals surface area contributed by atoms with E-state index in [-0.39, 0.29) is 28.2 Å². The third-order valence-electron chi connectivity index (χ3n) is 1.49. The topological polar surface area (TPSA) is 69.2 Å². The summed E-state index contributed by atoms with van der Waals surface area (Å²) in [6, 6.07) is 0. The Bertz CT molecular complexity index is 53.0. The Morgan fingerprint density at radius 2 is 0.750 bits per heavy atom. The van der Waals surface area contributed by atoms with Crippen LogP contribution >= 0.6 is 0 Å². The molecular formula is C12H27BO3. The third-order valence-corrected chi connectivity index (χ3v) is 1.49. The summed E-state index contributed by atoms with van der Waals surface area (Å²) >= 11 is 0. The molecule has 0 saturated carbocycles.